The van der Waals surface area contributed by atoms with Gasteiger partial charge in [0.05, 0.1) is 6.04 Å². The number of hydrogen-bond acceptors (Lipinski definition) is 3. The average molecular weight is 445 g/mol. The summed E-state index contributed by atoms with van der Waals surface area (Å²) in [6.45, 7) is 3.12. The monoisotopic (exact) mass is 444 g/mol. The molecular weight excluding hydrogens is 419 g/mol. The molecular formula is C23H26Cl2N4O. The van der Waals surface area contributed by atoms with E-state index in [1.54, 1.807) is 6.20 Å². The van der Waals surface area contributed by atoms with Crippen molar-refractivity contribution in [2.24, 2.45) is 11.8 Å². The van der Waals surface area contributed by atoms with Crippen LogP contribution >= 0.6 is 24.8 Å². The molecule has 5 rings (SSSR count). The summed E-state index contributed by atoms with van der Waals surface area (Å²) in [5.41, 5.74) is 2.27. The number of hydrogen-bond donors (Lipinski definition) is 1. The van der Waals surface area contributed by atoms with Gasteiger partial charge < -0.3 is 14.8 Å². The number of carbonyl (C=O) groups excluding carboxylic acids is 1. The molecule has 3 aromatic rings. The number of carbonyl (C=O) groups is 1. The highest BCUT2D eigenvalue weighted by Crippen LogP contribution is 2.42. The Kier molecular flexibility index (Phi) is 7.19. The first kappa shape index (κ1) is 22.3. The third-order valence-corrected chi connectivity index (χ3v) is 6.08. The zero-order valence-corrected chi connectivity index (χ0v) is 18.2. The molecule has 1 N–H and O–H groups in total. The van der Waals surface area contributed by atoms with Gasteiger partial charge in [0.25, 0.3) is 0 Å². The number of aromatic nitrogens is 2. The Hall–Kier alpha value is -2.34. The molecule has 3 atom stereocenters. The quantitative estimate of drug-likeness (QED) is 0.665. The number of nitrogens with zero attached hydrogens (tertiary/aromatic N) is 3. The molecule has 1 aromatic heterocycles. The highest BCUT2D eigenvalue weighted by atomic mass is 35.5. The van der Waals surface area contributed by atoms with Gasteiger partial charge in [0, 0.05) is 43.5 Å². The van der Waals surface area contributed by atoms with Gasteiger partial charge in [-0.3, -0.25) is 4.79 Å². The van der Waals surface area contributed by atoms with Gasteiger partial charge in [0.15, 0.2) is 0 Å². The summed E-state index contributed by atoms with van der Waals surface area (Å²) in [4.78, 5) is 19.9. The van der Waals surface area contributed by atoms with Crippen molar-refractivity contribution in [1.29, 1.82) is 0 Å². The van der Waals surface area contributed by atoms with Crippen LogP contribution in [0.5, 0.6) is 0 Å². The molecule has 5 nitrogen and oxygen atoms in total. The molecule has 2 aliphatic rings. The van der Waals surface area contributed by atoms with Gasteiger partial charge >= 0.3 is 0 Å². The van der Waals surface area contributed by atoms with E-state index in [0.717, 1.165) is 31.0 Å². The lowest BCUT2D eigenvalue weighted by molar-refractivity contribution is -0.133. The number of likely N-dealkylation sites (tertiary alicyclic amines) is 1. The smallest absolute Gasteiger partial charge is 0.243 e. The van der Waals surface area contributed by atoms with E-state index in [4.69, 9.17) is 0 Å². The molecule has 7 heteroatoms. The van der Waals surface area contributed by atoms with E-state index < -0.39 is 0 Å². The molecule has 2 saturated heterocycles. The second-order valence-corrected chi connectivity index (χ2v) is 7.73. The molecule has 2 aliphatic heterocycles. The Labute approximate surface area is 189 Å². The molecule has 2 aromatic carbocycles. The molecule has 0 saturated carbocycles. The highest BCUT2D eigenvalue weighted by Gasteiger charge is 2.46. The van der Waals surface area contributed by atoms with Crippen LogP contribution in [0.4, 0.5) is 0 Å². The van der Waals surface area contributed by atoms with E-state index in [9.17, 15) is 4.79 Å². The molecule has 0 unspecified atom stereocenters. The van der Waals surface area contributed by atoms with Crippen molar-refractivity contribution in [2.45, 2.75) is 12.6 Å². The first-order chi connectivity index (χ1) is 13.8. The predicted octanol–water partition coefficient (Wildman–Crippen LogP) is 3.81. The lowest BCUT2D eigenvalue weighted by Gasteiger charge is -2.29. The fourth-order valence-electron chi connectivity index (χ4n) is 4.78. The minimum absolute atomic E-state index is 0. The Morgan fingerprint density at radius 2 is 1.70 bits per heavy atom. The fourth-order valence-corrected chi connectivity index (χ4v) is 4.78. The number of amides is 1. The molecule has 0 aliphatic carbocycles. The summed E-state index contributed by atoms with van der Waals surface area (Å²) < 4.78 is 1.96. The number of imidazole rings is 1. The molecule has 0 bridgehead atoms. The van der Waals surface area contributed by atoms with Crippen LogP contribution in [0.2, 0.25) is 0 Å². The predicted molar refractivity (Wildman–Crippen MR) is 123 cm³/mol. The maximum atomic E-state index is 13.4. The zero-order chi connectivity index (χ0) is 18.9. The van der Waals surface area contributed by atoms with Crippen LogP contribution in [-0.4, -0.2) is 40.0 Å². The number of nitrogens with one attached hydrogen (secondary N) is 1. The fraction of sp³-hybridized carbons (Fsp3) is 0.304. The van der Waals surface area contributed by atoms with Crippen LogP contribution in [0.15, 0.2) is 73.1 Å². The summed E-state index contributed by atoms with van der Waals surface area (Å²) in [5.74, 6) is 2.03. The first-order valence-corrected chi connectivity index (χ1v) is 9.93. The molecule has 1 amide bonds. The second-order valence-electron chi connectivity index (χ2n) is 7.73. The Morgan fingerprint density at radius 3 is 2.43 bits per heavy atom. The Bertz CT molecular complexity index is 964. The summed E-state index contributed by atoms with van der Waals surface area (Å²) in [6.07, 6.45) is 3.67. The highest BCUT2D eigenvalue weighted by molar-refractivity contribution is 5.85. The normalized spacial score (nSPS) is 22.1. The van der Waals surface area contributed by atoms with Gasteiger partial charge in [-0.05, 0) is 11.5 Å². The summed E-state index contributed by atoms with van der Waals surface area (Å²) >= 11 is 0. The number of rotatable bonds is 4. The van der Waals surface area contributed by atoms with Gasteiger partial charge in [0.2, 0.25) is 5.91 Å². The van der Waals surface area contributed by atoms with Crippen LogP contribution in [0.3, 0.4) is 0 Å². The molecule has 158 valence electrons. The van der Waals surface area contributed by atoms with Crippen molar-refractivity contribution >= 4 is 30.7 Å². The number of fused-ring (bicyclic) bond motifs is 1. The summed E-state index contributed by atoms with van der Waals surface area (Å²) in [5, 5.41) is 3.51. The first-order valence-electron chi connectivity index (χ1n) is 9.93. The van der Waals surface area contributed by atoms with Crippen LogP contribution in [0.25, 0.3) is 11.4 Å². The summed E-state index contributed by atoms with van der Waals surface area (Å²) in [6, 6.07) is 20.7. The molecule has 0 radical (unpaired) electrons. The van der Waals surface area contributed by atoms with Crippen molar-refractivity contribution in [3.63, 3.8) is 0 Å². The van der Waals surface area contributed by atoms with Gasteiger partial charge in [0.1, 0.15) is 12.4 Å². The molecule has 0 spiro atoms. The lowest BCUT2D eigenvalue weighted by atomic mass is 9.89. The number of halogens is 2. The Morgan fingerprint density at radius 1 is 1.00 bits per heavy atom. The van der Waals surface area contributed by atoms with Gasteiger partial charge in [-0.15, -0.1) is 24.8 Å². The largest absolute Gasteiger partial charge is 0.333 e. The van der Waals surface area contributed by atoms with Gasteiger partial charge in [-0.2, -0.15) is 0 Å². The maximum absolute atomic E-state index is 13.4. The Balaban J connectivity index is 0.00000128. The third-order valence-electron chi connectivity index (χ3n) is 6.08. The number of benzene rings is 2. The molecule has 2 fully saturated rings. The van der Waals surface area contributed by atoms with Crippen molar-refractivity contribution in [3.8, 4) is 11.4 Å². The maximum Gasteiger partial charge on any atom is 0.243 e. The standard InChI is InChI=1S/C23H24N4O.2ClH/c28-21(16-26-12-11-25-23(26)18-9-5-2-6-10-18)27-15-19-13-24-14-20(19)22(27)17-7-3-1-4-8-17;;/h1-12,19-20,22,24H,13-16H2;2*1H/t19-,20-,22-;;/m0../s1. The average Bonchev–Trinajstić information content (AvgIpc) is 3.45. The van der Waals surface area contributed by atoms with Crippen LogP contribution in [0, 0.1) is 11.8 Å². The SMILES string of the molecule is Cl.Cl.O=C(Cn1ccnc1-c1ccccc1)N1C[C@@H]2CNC[C@@H]2[C@@H]1c1ccccc1. The van der Waals surface area contributed by atoms with E-state index in [2.05, 4.69) is 39.5 Å². The summed E-state index contributed by atoms with van der Waals surface area (Å²) in [7, 11) is 0. The zero-order valence-electron chi connectivity index (χ0n) is 16.6. The van der Waals surface area contributed by atoms with Crippen molar-refractivity contribution in [2.75, 3.05) is 19.6 Å². The van der Waals surface area contributed by atoms with Crippen molar-refractivity contribution in [3.05, 3.63) is 78.6 Å². The van der Waals surface area contributed by atoms with Crippen molar-refractivity contribution < 1.29 is 4.79 Å². The van der Waals surface area contributed by atoms with E-state index in [1.807, 2.05) is 47.2 Å². The van der Waals surface area contributed by atoms with Gasteiger partial charge in [-0.1, -0.05) is 60.7 Å². The van der Waals surface area contributed by atoms with Crippen LogP contribution in [0.1, 0.15) is 11.6 Å². The molecule has 30 heavy (non-hydrogen) atoms. The van der Waals surface area contributed by atoms with E-state index in [1.165, 1.54) is 5.56 Å². The minimum Gasteiger partial charge on any atom is -0.333 e. The van der Waals surface area contributed by atoms with Gasteiger partial charge in [-0.25, -0.2) is 4.98 Å². The van der Waals surface area contributed by atoms with Crippen molar-refractivity contribution in [1.82, 2.24) is 19.8 Å². The lowest BCUT2D eigenvalue weighted by Crippen LogP contribution is -2.36. The van der Waals surface area contributed by atoms with E-state index >= 15 is 0 Å². The van der Waals surface area contributed by atoms with Crippen LogP contribution < -0.4 is 5.32 Å². The van der Waals surface area contributed by atoms with Crippen LogP contribution in [-0.2, 0) is 11.3 Å². The second kappa shape index (κ2) is 9.65. The topological polar surface area (TPSA) is 50.2 Å². The van der Waals surface area contributed by atoms with E-state index in [0.29, 0.717) is 18.4 Å². The van der Waals surface area contributed by atoms with E-state index in [-0.39, 0.29) is 36.8 Å². The molecule has 3 heterocycles. The third kappa shape index (κ3) is 4.10. The minimum atomic E-state index is 0.